The Morgan fingerprint density at radius 3 is 2.55 bits per heavy atom. The minimum atomic E-state index is -1.18. The third-order valence-corrected chi connectivity index (χ3v) is 1.54. The molecule has 1 aromatic heterocycles. The summed E-state index contributed by atoms with van der Waals surface area (Å²) in [5, 5.41) is 8.29. The number of carbonyl (C=O) groups is 1. The standard InChI is InChI=1S/C5H2Cl2N2O2/c6-3-4(7)9-2(1-8-3)5(10)11/h1H,(H,10,11). The van der Waals surface area contributed by atoms with E-state index >= 15 is 0 Å². The summed E-state index contributed by atoms with van der Waals surface area (Å²) in [5.74, 6) is -1.18. The number of carboxylic acid groups (broad SMARTS) is 1. The van der Waals surface area contributed by atoms with Crippen molar-refractivity contribution in [3.8, 4) is 0 Å². The van der Waals surface area contributed by atoms with Crippen LogP contribution in [-0.4, -0.2) is 21.0 Å². The van der Waals surface area contributed by atoms with Crippen LogP contribution >= 0.6 is 23.2 Å². The second kappa shape index (κ2) is 3.02. The molecule has 4 nitrogen and oxygen atoms in total. The molecule has 0 amide bonds. The smallest absolute Gasteiger partial charge is 0.356 e. The maximum atomic E-state index is 10.3. The van der Waals surface area contributed by atoms with Gasteiger partial charge in [0.25, 0.3) is 0 Å². The van der Waals surface area contributed by atoms with E-state index in [1.165, 1.54) is 0 Å². The van der Waals surface area contributed by atoms with Crippen molar-refractivity contribution < 1.29 is 9.90 Å². The van der Waals surface area contributed by atoms with Crippen molar-refractivity contribution >= 4 is 29.2 Å². The van der Waals surface area contributed by atoms with E-state index in [-0.39, 0.29) is 16.0 Å². The highest BCUT2D eigenvalue weighted by molar-refractivity contribution is 6.40. The van der Waals surface area contributed by atoms with Crippen LogP contribution in [0.25, 0.3) is 0 Å². The van der Waals surface area contributed by atoms with Crippen molar-refractivity contribution in [2.45, 2.75) is 0 Å². The van der Waals surface area contributed by atoms with Crippen molar-refractivity contribution in [1.29, 1.82) is 0 Å². The van der Waals surface area contributed by atoms with Gasteiger partial charge in [-0.05, 0) is 0 Å². The summed E-state index contributed by atoms with van der Waals surface area (Å²) in [4.78, 5) is 17.2. The van der Waals surface area contributed by atoms with E-state index in [0.717, 1.165) is 6.20 Å². The summed E-state index contributed by atoms with van der Waals surface area (Å²) in [5.41, 5.74) is -0.223. The fourth-order valence-corrected chi connectivity index (χ4v) is 0.686. The summed E-state index contributed by atoms with van der Waals surface area (Å²) < 4.78 is 0. The molecule has 0 spiro atoms. The van der Waals surface area contributed by atoms with Gasteiger partial charge in [0, 0.05) is 0 Å². The lowest BCUT2D eigenvalue weighted by molar-refractivity contribution is 0.0690. The predicted octanol–water partition coefficient (Wildman–Crippen LogP) is 1.48. The third kappa shape index (κ3) is 1.78. The average Bonchev–Trinajstić information content (AvgIpc) is 1.94. The molecule has 0 bridgehead atoms. The Labute approximate surface area is 71.8 Å². The Bertz CT molecular complexity index is 303. The van der Waals surface area contributed by atoms with E-state index in [0.29, 0.717) is 0 Å². The monoisotopic (exact) mass is 192 g/mol. The molecule has 0 saturated carbocycles. The fraction of sp³-hybridized carbons (Fsp3) is 0. The van der Waals surface area contributed by atoms with Gasteiger partial charge in [0.15, 0.2) is 16.0 Å². The van der Waals surface area contributed by atoms with Crippen molar-refractivity contribution in [2.24, 2.45) is 0 Å². The zero-order valence-electron chi connectivity index (χ0n) is 5.08. The zero-order valence-corrected chi connectivity index (χ0v) is 6.60. The predicted molar refractivity (Wildman–Crippen MR) is 39.0 cm³/mol. The molecule has 0 aliphatic rings. The normalized spacial score (nSPS) is 9.64. The van der Waals surface area contributed by atoms with Crippen LogP contribution in [0.2, 0.25) is 10.3 Å². The van der Waals surface area contributed by atoms with Gasteiger partial charge in [0.05, 0.1) is 6.20 Å². The first-order chi connectivity index (χ1) is 5.11. The van der Waals surface area contributed by atoms with Gasteiger partial charge >= 0.3 is 5.97 Å². The van der Waals surface area contributed by atoms with Gasteiger partial charge in [-0.3, -0.25) is 0 Å². The van der Waals surface area contributed by atoms with Crippen LogP contribution in [-0.2, 0) is 0 Å². The van der Waals surface area contributed by atoms with Crippen LogP contribution in [0.15, 0.2) is 6.20 Å². The third-order valence-electron chi connectivity index (χ3n) is 0.908. The van der Waals surface area contributed by atoms with E-state index < -0.39 is 5.97 Å². The molecule has 0 aliphatic carbocycles. The fourth-order valence-electron chi connectivity index (χ4n) is 0.455. The first kappa shape index (κ1) is 8.23. The van der Waals surface area contributed by atoms with Crippen LogP contribution in [0.4, 0.5) is 0 Å². The second-order valence-electron chi connectivity index (χ2n) is 1.64. The van der Waals surface area contributed by atoms with Gasteiger partial charge in [-0.25, -0.2) is 14.8 Å². The highest BCUT2D eigenvalue weighted by atomic mass is 35.5. The average molecular weight is 193 g/mol. The maximum absolute atomic E-state index is 10.3. The lowest BCUT2D eigenvalue weighted by Crippen LogP contribution is -2.01. The summed E-state index contributed by atoms with van der Waals surface area (Å²) in [6.45, 7) is 0. The summed E-state index contributed by atoms with van der Waals surface area (Å²) in [6, 6.07) is 0. The minimum absolute atomic E-state index is 0.00309. The van der Waals surface area contributed by atoms with Gasteiger partial charge in [-0.2, -0.15) is 0 Å². The molecule has 0 aliphatic heterocycles. The van der Waals surface area contributed by atoms with E-state index in [2.05, 4.69) is 9.97 Å². The maximum Gasteiger partial charge on any atom is 0.356 e. The molecule has 0 fully saturated rings. The number of nitrogens with zero attached hydrogens (tertiary/aromatic N) is 2. The van der Waals surface area contributed by atoms with Crippen LogP contribution in [0.5, 0.6) is 0 Å². The summed E-state index contributed by atoms with van der Waals surface area (Å²) in [6.07, 6.45) is 1.04. The van der Waals surface area contributed by atoms with Crippen LogP contribution < -0.4 is 0 Å². The van der Waals surface area contributed by atoms with Gasteiger partial charge in [0.1, 0.15) is 0 Å². The number of hydrogen-bond acceptors (Lipinski definition) is 3. The number of halogens is 2. The van der Waals surface area contributed by atoms with Crippen molar-refractivity contribution in [1.82, 2.24) is 9.97 Å². The van der Waals surface area contributed by atoms with E-state index in [9.17, 15) is 4.79 Å². The van der Waals surface area contributed by atoms with Crippen molar-refractivity contribution in [3.05, 3.63) is 22.2 Å². The lowest BCUT2D eigenvalue weighted by Gasteiger charge is -1.94. The molecule has 11 heavy (non-hydrogen) atoms. The molecule has 1 rings (SSSR count). The second-order valence-corrected chi connectivity index (χ2v) is 2.36. The van der Waals surface area contributed by atoms with Crippen LogP contribution in [0.1, 0.15) is 10.5 Å². The highest BCUT2D eigenvalue weighted by Crippen LogP contribution is 2.15. The van der Waals surface area contributed by atoms with Gasteiger partial charge in [0.2, 0.25) is 0 Å². The van der Waals surface area contributed by atoms with Crippen LogP contribution in [0, 0.1) is 0 Å². The molecule has 0 radical (unpaired) electrons. The minimum Gasteiger partial charge on any atom is -0.476 e. The topological polar surface area (TPSA) is 63.1 Å². The molecule has 58 valence electrons. The van der Waals surface area contributed by atoms with Gasteiger partial charge in [-0.15, -0.1) is 0 Å². The molecule has 1 N–H and O–H groups in total. The van der Waals surface area contributed by atoms with E-state index in [1.54, 1.807) is 0 Å². The SMILES string of the molecule is O=C(O)c1cnc(Cl)c(Cl)n1. The van der Waals surface area contributed by atoms with E-state index in [4.69, 9.17) is 28.3 Å². The zero-order chi connectivity index (χ0) is 8.43. The number of hydrogen-bond donors (Lipinski definition) is 1. The molecule has 0 aromatic carbocycles. The Morgan fingerprint density at radius 1 is 1.45 bits per heavy atom. The lowest BCUT2D eigenvalue weighted by atomic mass is 10.5. The molecule has 0 saturated heterocycles. The number of rotatable bonds is 1. The van der Waals surface area contributed by atoms with Gasteiger partial charge < -0.3 is 5.11 Å². The first-order valence-electron chi connectivity index (χ1n) is 2.52. The largest absolute Gasteiger partial charge is 0.476 e. The molecule has 0 unspecified atom stereocenters. The van der Waals surface area contributed by atoms with E-state index in [1.807, 2.05) is 0 Å². The number of aromatic nitrogens is 2. The summed E-state index contributed by atoms with van der Waals surface area (Å²) >= 11 is 10.8. The molecule has 1 heterocycles. The van der Waals surface area contributed by atoms with Crippen molar-refractivity contribution in [3.63, 3.8) is 0 Å². The molecular weight excluding hydrogens is 191 g/mol. The first-order valence-corrected chi connectivity index (χ1v) is 3.28. The quantitative estimate of drug-likeness (QED) is 0.733. The highest BCUT2D eigenvalue weighted by Gasteiger charge is 2.07. The molecule has 6 heteroatoms. The van der Waals surface area contributed by atoms with Crippen molar-refractivity contribution in [2.75, 3.05) is 0 Å². The molecule has 0 atom stereocenters. The summed E-state index contributed by atoms with van der Waals surface area (Å²) in [7, 11) is 0. The molecule has 1 aromatic rings. The van der Waals surface area contributed by atoms with Crippen LogP contribution in [0.3, 0.4) is 0 Å². The Morgan fingerprint density at radius 2 is 2.09 bits per heavy atom. The molecular formula is C5H2Cl2N2O2. The number of aromatic carboxylic acids is 1. The Hall–Kier alpha value is -0.870. The Balaban J connectivity index is 3.15. The Kier molecular flexibility index (Phi) is 2.26. The van der Waals surface area contributed by atoms with Gasteiger partial charge in [-0.1, -0.05) is 23.2 Å². The number of carboxylic acids is 1.